The maximum Gasteiger partial charge on any atom is 0.345 e. The first-order chi connectivity index (χ1) is 4.38. The fourth-order valence-electron chi connectivity index (χ4n) is 1.29. The molecule has 2 rings (SSSR count). The zero-order valence-electron chi connectivity index (χ0n) is 4.96. The minimum absolute atomic E-state index is 0.00463. The van der Waals surface area contributed by atoms with Crippen molar-refractivity contribution in [1.29, 1.82) is 0 Å². The molecule has 0 aliphatic carbocycles. The van der Waals surface area contributed by atoms with E-state index in [9.17, 15) is 4.79 Å². The molecular formula is C5H8N2O2. The number of hydrogen-bond donors (Lipinski definition) is 1. The molecule has 2 aliphatic rings. The van der Waals surface area contributed by atoms with Crippen molar-refractivity contribution in [3.8, 4) is 0 Å². The van der Waals surface area contributed by atoms with Crippen LogP contribution in [0, 0.1) is 0 Å². The van der Waals surface area contributed by atoms with Gasteiger partial charge in [-0.2, -0.15) is 5.01 Å². The van der Waals surface area contributed by atoms with E-state index in [2.05, 4.69) is 10.4 Å². The number of fused-ring (bicyclic) bond motifs is 1. The second-order valence-corrected chi connectivity index (χ2v) is 2.36. The lowest BCUT2D eigenvalue weighted by molar-refractivity contribution is -0.145. The topological polar surface area (TPSA) is 41.6 Å². The Kier molecular flexibility index (Phi) is 0.972. The highest BCUT2D eigenvalue weighted by Crippen LogP contribution is 2.19. The first kappa shape index (κ1) is 5.20. The van der Waals surface area contributed by atoms with Gasteiger partial charge in [0.05, 0.1) is 0 Å². The fourth-order valence-corrected chi connectivity index (χ4v) is 1.29. The van der Waals surface area contributed by atoms with Crippen LogP contribution in [0.25, 0.3) is 0 Å². The largest absolute Gasteiger partial charge is 0.354 e. The molecule has 0 unspecified atom stereocenters. The first-order valence-electron chi connectivity index (χ1n) is 3.11. The molecule has 1 N–H and O–H groups in total. The summed E-state index contributed by atoms with van der Waals surface area (Å²) in [5, 5.41) is 1.84. The molecular weight excluding hydrogens is 120 g/mol. The highest BCUT2D eigenvalue weighted by Gasteiger charge is 2.38. The maximum absolute atomic E-state index is 10.7. The van der Waals surface area contributed by atoms with Crippen LogP contribution in [0.5, 0.6) is 0 Å². The zero-order chi connectivity index (χ0) is 6.27. The van der Waals surface area contributed by atoms with Crippen molar-refractivity contribution in [2.24, 2.45) is 0 Å². The predicted molar refractivity (Wildman–Crippen MR) is 29.0 cm³/mol. The van der Waals surface area contributed by atoms with Crippen molar-refractivity contribution in [3.63, 3.8) is 0 Å². The van der Waals surface area contributed by atoms with Gasteiger partial charge in [-0.05, 0) is 12.8 Å². The van der Waals surface area contributed by atoms with Gasteiger partial charge in [-0.3, -0.25) is 0 Å². The molecule has 4 heteroatoms. The number of carbonyl (C=O) groups excluding carboxylic acids is 1. The van der Waals surface area contributed by atoms with Crippen LogP contribution >= 0.6 is 0 Å². The van der Waals surface area contributed by atoms with E-state index < -0.39 is 0 Å². The van der Waals surface area contributed by atoms with Crippen LogP contribution in [0.2, 0.25) is 0 Å². The third-order valence-electron chi connectivity index (χ3n) is 1.79. The van der Waals surface area contributed by atoms with E-state index in [-0.39, 0.29) is 12.0 Å². The van der Waals surface area contributed by atoms with Gasteiger partial charge in [0.25, 0.3) is 0 Å². The predicted octanol–water partition coefficient (Wildman–Crippen LogP) is -0.573. The standard InChI is InChI=1S/C5H8N2O2/c8-5-4-2-1-3-7(4)6-9-5/h4,6H,1-3H2/t4-/m1/s1. The van der Waals surface area contributed by atoms with Gasteiger partial charge < -0.3 is 4.84 Å². The highest BCUT2D eigenvalue weighted by molar-refractivity contribution is 5.77. The smallest absolute Gasteiger partial charge is 0.345 e. The Morgan fingerprint density at radius 1 is 1.78 bits per heavy atom. The third-order valence-corrected chi connectivity index (χ3v) is 1.79. The molecule has 9 heavy (non-hydrogen) atoms. The van der Waals surface area contributed by atoms with Crippen molar-refractivity contribution in [2.75, 3.05) is 6.54 Å². The quantitative estimate of drug-likeness (QED) is 0.474. The molecule has 4 nitrogen and oxygen atoms in total. The number of carbonyl (C=O) groups is 1. The SMILES string of the molecule is O=C1ONN2CCC[C@H]12. The molecule has 0 spiro atoms. The maximum atomic E-state index is 10.7. The van der Waals surface area contributed by atoms with Gasteiger partial charge in [-0.1, -0.05) is 5.59 Å². The van der Waals surface area contributed by atoms with E-state index in [1.165, 1.54) is 0 Å². The Balaban J connectivity index is 2.15. The summed E-state index contributed by atoms with van der Waals surface area (Å²) >= 11 is 0. The average molecular weight is 128 g/mol. The Bertz CT molecular complexity index is 148. The Hall–Kier alpha value is -0.610. The van der Waals surface area contributed by atoms with E-state index in [0.717, 1.165) is 19.4 Å². The molecule has 0 saturated carbocycles. The van der Waals surface area contributed by atoms with Crippen molar-refractivity contribution >= 4 is 5.97 Å². The molecule has 2 saturated heterocycles. The van der Waals surface area contributed by atoms with Gasteiger partial charge in [-0.25, -0.2) is 4.79 Å². The van der Waals surface area contributed by atoms with E-state index in [0.29, 0.717) is 0 Å². The van der Waals surface area contributed by atoms with E-state index in [1.807, 2.05) is 5.01 Å². The number of hydrazine groups is 1. The van der Waals surface area contributed by atoms with E-state index in [4.69, 9.17) is 0 Å². The van der Waals surface area contributed by atoms with E-state index >= 15 is 0 Å². The molecule has 1 atom stereocenters. The van der Waals surface area contributed by atoms with Crippen LogP contribution in [0.15, 0.2) is 0 Å². The van der Waals surface area contributed by atoms with Crippen LogP contribution in [0.1, 0.15) is 12.8 Å². The molecule has 0 aromatic rings. The summed E-state index contributed by atoms with van der Waals surface area (Å²) in [6.45, 7) is 0.927. The molecule has 2 heterocycles. The van der Waals surface area contributed by atoms with Gasteiger partial charge in [0, 0.05) is 6.54 Å². The van der Waals surface area contributed by atoms with Gasteiger partial charge in [0.2, 0.25) is 0 Å². The third kappa shape index (κ3) is 0.635. The molecule has 0 bridgehead atoms. The summed E-state index contributed by atoms with van der Waals surface area (Å²) in [6.07, 6.45) is 2.03. The van der Waals surface area contributed by atoms with Gasteiger partial charge in [-0.15, -0.1) is 0 Å². The minimum atomic E-state index is -0.132. The molecule has 0 aromatic carbocycles. The Morgan fingerprint density at radius 2 is 2.67 bits per heavy atom. The van der Waals surface area contributed by atoms with E-state index in [1.54, 1.807) is 0 Å². The van der Waals surface area contributed by atoms with Crippen LogP contribution < -0.4 is 5.59 Å². The summed E-state index contributed by atoms with van der Waals surface area (Å²) in [6, 6.07) is 0.00463. The molecule has 2 fully saturated rings. The lowest BCUT2D eigenvalue weighted by atomic mass is 10.2. The van der Waals surface area contributed by atoms with Crippen LogP contribution in [-0.2, 0) is 9.63 Å². The average Bonchev–Trinajstić information content (AvgIpc) is 2.35. The summed E-state index contributed by atoms with van der Waals surface area (Å²) in [5.41, 5.74) is 2.55. The zero-order valence-corrected chi connectivity index (χ0v) is 4.96. The van der Waals surface area contributed by atoms with Crippen molar-refractivity contribution in [3.05, 3.63) is 0 Å². The number of nitrogens with zero attached hydrogens (tertiary/aromatic N) is 1. The molecule has 2 aliphatic heterocycles. The second kappa shape index (κ2) is 1.68. The molecule has 0 amide bonds. The molecule has 0 radical (unpaired) electrons. The normalized spacial score (nSPS) is 34.7. The fraction of sp³-hybridized carbons (Fsp3) is 0.800. The minimum Gasteiger partial charge on any atom is -0.354 e. The summed E-state index contributed by atoms with van der Waals surface area (Å²) in [5.74, 6) is -0.132. The summed E-state index contributed by atoms with van der Waals surface area (Å²) in [4.78, 5) is 15.3. The van der Waals surface area contributed by atoms with Gasteiger partial charge >= 0.3 is 5.97 Å². The van der Waals surface area contributed by atoms with Crippen molar-refractivity contribution < 1.29 is 9.63 Å². The number of rotatable bonds is 0. The number of hydrogen-bond acceptors (Lipinski definition) is 4. The van der Waals surface area contributed by atoms with Crippen LogP contribution in [-0.4, -0.2) is 23.6 Å². The second-order valence-electron chi connectivity index (χ2n) is 2.36. The monoisotopic (exact) mass is 128 g/mol. The molecule has 0 aromatic heterocycles. The molecule has 50 valence electrons. The first-order valence-corrected chi connectivity index (χ1v) is 3.11. The highest BCUT2D eigenvalue weighted by atomic mass is 16.7. The lowest BCUT2D eigenvalue weighted by Gasteiger charge is -2.05. The van der Waals surface area contributed by atoms with Gasteiger partial charge in [0.1, 0.15) is 6.04 Å². The van der Waals surface area contributed by atoms with Crippen molar-refractivity contribution in [1.82, 2.24) is 10.6 Å². The van der Waals surface area contributed by atoms with Crippen molar-refractivity contribution in [2.45, 2.75) is 18.9 Å². The Morgan fingerprint density at radius 3 is 3.44 bits per heavy atom. The number of nitrogens with one attached hydrogen (secondary N) is 1. The van der Waals surface area contributed by atoms with Crippen LogP contribution in [0.4, 0.5) is 0 Å². The Labute approximate surface area is 52.7 Å². The van der Waals surface area contributed by atoms with Crippen LogP contribution in [0.3, 0.4) is 0 Å². The summed E-state index contributed by atoms with van der Waals surface area (Å²) in [7, 11) is 0. The van der Waals surface area contributed by atoms with Gasteiger partial charge in [0.15, 0.2) is 0 Å². The summed E-state index contributed by atoms with van der Waals surface area (Å²) < 4.78 is 0. The lowest BCUT2D eigenvalue weighted by Crippen LogP contribution is -2.32.